The monoisotopic (exact) mass is 264 g/mol. The van der Waals surface area contributed by atoms with Crippen molar-refractivity contribution in [3.05, 3.63) is 34.4 Å². The fourth-order valence-electron chi connectivity index (χ4n) is 2.52. The standard InChI is InChI=1S/C13H16N2O4/c16-13(17)7-10-3-2-6-14(9-10)11-4-1-5-12(8-11)15(18)19/h1,4-5,8,10H,2-3,6-7,9H2,(H,16,17). The molecule has 1 aliphatic rings. The Morgan fingerprint density at radius 1 is 1.53 bits per heavy atom. The molecule has 1 heterocycles. The maximum atomic E-state index is 10.8. The van der Waals surface area contributed by atoms with Gasteiger partial charge in [-0.1, -0.05) is 6.07 Å². The highest BCUT2D eigenvalue weighted by Crippen LogP contribution is 2.27. The second-order valence-electron chi connectivity index (χ2n) is 4.83. The summed E-state index contributed by atoms with van der Waals surface area (Å²) in [5, 5.41) is 19.6. The van der Waals surface area contributed by atoms with Crippen LogP contribution in [0.15, 0.2) is 24.3 Å². The minimum Gasteiger partial charge on any atom is -0.481 e. The van der Waals surface area contributed by atoms with Crippen LogP contribution in [-0.2, 0) is 4.79 Å². The number of aliphatic carboxylic acids is 1. The van der Waals surface area contributed by atoms with Gasteiger partial charge in [0, 0.05) is 37.3 Å². The summed E-state index contributed by atoms with van der Waals surface area (Å²) in [6.45, 7) is 1.46. The molecule has 6 nitrogen and oxygen atoms in total. The number of carboxylic acids is 1. The lowest BCUT2D eigenvalue weighted by Crippen LogP contribution is -2.36. The van der Waals surface area contributed by atoms with E-state index in [0.29, 0.717) is 6.54 Å². The van der Waals surface area contributed by atoms with E-state index in [2.05, 4.69) is 0 Å². The summed E-state index contributed by atoms with van der Waals surface area (Å²) in [5.74, 6) is -0.670. The van der Waals surface area contributed by atoms with Crippen molar-refractivity contribution in [2.75, 3.05) is 18.0 Å². The van der Waals surface area contributed by atoms with Gasteiger partial charge in [0.25, 0.3) is 5.69 Å². The van der Waals surface area contributed by atoms with Gasteiger partial charge in [0.15, 0.2) is 0 Å². The van der Waals surface area contributed by atoms with Gasteiger partial charge in [-0.2, -0.15) is 0 Å². The van der Waals surface area contributed by atoms with Crippen molar-refractivity contribution >= 4 is 17.3 Å². The molecular formula is C13H16N2O4. The third kappa shape index (κ3) is 3.43. The number of piperidine rings is 1. The first-order valence-electron chi connectivity index (χ1n) is 6.27. The second kappa shape index (κ2) is 5.69. The number of hydrogen-bond acceptors (Lipinski definition) is 4. The summed E-state index contributed by atoms with van der Waals surface area (Å²) in [6, 6.07) is 6.50. The Hall–Kier alpha value is -2.11. The number of nitrogens with zero attached hydrogens (tertiary/aromatic N) is 2. The number of carboxylic acid groups (broad SMARTS) is 1. The lowest BCUT2D eigenvalue weighted by atomic mass is 9.94. The Morgan fingerprint density at radius 2 is 2.32 bits per heavy atom. The molecule has 1 unspecified atom stereocenters. The van der Waals surface area contributed by atoms with Gasteiger partial charge in [0.2, 0.25) is 0 Å². The minimum absolute atomic E-state index is 0.0675. The number of nitro benzene ring substituents is 1. The van der Waals surface area contributed by atoms with Crippen LogP contribution in [0.3, 0.4) is 0 Å². The number of hydrogen-bond donors (Lipinski definition) is 1. The molecule has 0 aliphatic carbocycles. The first-order chi connectivity index (χ1) is 9.06. The highest BCUT2D eigenvalue weighted by atomic mass is 16.6. The molecule has 1 saturated heterocycles. The van der Waals surface area contributed by atoms with Crippen molar-refractivity contribution < 1.29 is 14.8 Å². The fraction of sp³-hybridized carbons (Fsp3) is 0.462. The summed E-state index contributed by atoms with van der Waals surface area (Å²) in [5.41, 5.74) is 0.863. The van der Waals surface area contributed by atoms with Crippen LogP contribution >= 0.6 is 0 Å². The maximum absolute atomic E-state index is 10.8. The van der Waals surface area contributed by atoms with E-state index in [1.54, 1.807) is 12.1 Å². The number of anilines is 1. The van der Waals surface area contributed by atoms with E-state index >= 15 is 0 Å². The quantitative estimate of drug-likeness (QED) is 0.666. The molecule has 1 fully saturated rings. The molecule has 0 spiro atoms. The molecule has 102 valence electrons. The Balaban J connectivity index is 2.10. The maximum Gasteiger partial charge on any atom is 0.303 e. The van der Waals surface area contributed by atoms with E-state index in [0.717, 1.165) is 25.1 Å². The van der Waals surface area contributed by atoms with Crippen LogP contribution in [0, 0.1) is 16.0 Å². The molecule has 1 aliphatic heterocycles. The van der Waals surface area contributed by atoms with E-state index in [1.165, 1.54) is 6.07 Å². The molecule has 19 heavy (non-hydrogen) atoms. The normalized spacial score (nSPS) is 19.2. The number of non-ortho nitro benzene ring substituents is 1. The smallest absolute Gasteiger partial charge is 0.303 e. The molecule has 0 amide bonds. The lowest BCUT2D eigenvalue weighted by Gasteiger charge is -2.33. The van der Waals surface area contributed by atoms with E-state index < -0.39 is 10.9 Å². The number of benzene rings is 1. The van der Waals surface area contributed by atoms with Crippen LogP contribution in [0.25, 0.3) is 0 Å². The van der Waals surface area contributed by atoms with Crippen LogP contribution in [-0.4, -0.2) is 29.1 Å². The highest BCUT2D eigenvalue weighted by molar-refractivity contribution is 5.67. The van der Waals surface area contributed by atoms with Crippen molar-refractivity contribution in [1.29, 1.82) is 0 Å². The largest absolute Gasteiger partial charge is 0.481 e. The second-order valence-corrected chi connectivity index (χ2v) is 4.83. The van der Waals surface area contributed by atoms with Crippen molar-refractivity contribution in [2.24, 2.45) is 5.92 Å². The van der Waals surface area contributed by atoms with Gasteiger partial charge in [-0.15, -0.1) is 0 Å². The third-order valence-corrected chi connectivity index (χ3v) is 3.39. The van der Waals surface area contributed by atoms with Crippen molar-refractivity contribution in [1.82, 2.24) is 0 Å². The summed E-state index contributed by atoms with van der Waals surface area (Å²) in [7, 11) is 0. The zero-order valence-electron chi connectivity index (χ0n) is 10.5. The summed E-state index contributed by atoms with van der Waals surface area (Å²) in [4.78, 5) is 23.1. The average molecular weight is 264 g/mol. The molecule has 6 heteroatoms. The molecule has 1 aromatic rings. The van der Waals surface area contributed by atoms with Gasteiger partial charge in [0.05, 0.1) is 4.92 Å². The van der Waals surface area contributed by atoms with Gasteiger partial charge in [-0.3, -0.25) is 14.9 Å². The molecule has 0 saturated carbocycles. The molecule has 0 bridgehead atoms. The van der Waals surface area contributed by atoms with Crippen LogP contribution in [0.5, 0.6) is 0 Å². The fourth-order valence-corrected chi connectivity index (χ4v) is 2.52. The zero-order chi connectivity index (χ0) is 13.8. The lowest BCUT2D eigenvalue weighted by molar-refractivity contribution is -0.384. The summed E-state index contributed by atoms with van der Waals surface area (Å²) in [6.07, 6.45) is 1.98. The third-order valence-electron chi connectivity index (χ3n) is 3.39. The van der Waals surface area contributed by atoms with E-state index in [9.17, 15) is 14.9 Å². The molecule has 0 aromatic heterocycles. The van der Waals surface area contributed by atoms with Gasteiger partial charge < -0.3 is 10.0 Å². The van der Waals surface area contributed by atoms with E-state index in [4.69, 9.17) is 5.11 Å². The molecular weight excluding hydrogens is 248 g/mol. The highest BCUT2D eigenvalue weighted by Gasteiger charge is 2.23. The van der Waals surface area contributed by atoms with Crippen molar-refractivity contribution in [3.8, 4) is 0 Å². The predicted octanol–water partition coefficient (Wildman–Crippen LogP) is 2.29. The van der Waals surface area contributed by atoms with Gasteiger partial charge in [-0.25, -0.2) is 0 Å². The van der Waals surface area contributed by atoms with Gasteiger partial charge in [-0.05, 0) is 24.8 Å². The van der Waals surface area contributed by atoms with Crippen LogP contribution in [0.4, 0.5) is 11.4 Å². The number of nitro groups is 1. The Kier molecular flexibility index (Phi) is 3.99. The Labute approximate surface area is 110 Å². The van der Waals surface area contributed by atoms with Crippen LogP contribution < -0.4 is 4.90 Å². The van der Waals surface area contributed by atoms with Gasteiger partial charge >= 0.3 is 5.97 Å². The van der Waals surface area contributed by atoms with Crippen LogP contribution in [0.1, 0.15) is 19.3 Å². The number of rotatable bonds is 4. The topological polar surface area (TPSA) is 83.7 Å². The predicted molar refractivity (Wildman–Crippen MR) is 70.3 cm³/mol. The Bertz CT molecular complexity index is 489. The molecule has 1 aromatic carbocycles. The van der Waals surface area contributed by atoms with Crippen LogP contribution in [0.2, 0.25) is 0 Å². The first kappa shape index (κ1) is 13.3. The zero-order valence-corrected chi connectivity index (χ0v) is 10.5. The SMILES string of the molecule is O=C(O)CC1CCCN(c2cccc([N+](=O)[O-])c2)C1. The minimum atomic E-state index is -0.786. The first-order valence-corrected chi connectivity index (χ1v) is 6.27. The van der Waals surface area contributed by atoms with Gasteiger partial charge in [0.1, 0.15) is 0 Å². The summed E-state index contributed by atoms with van der Waals surface area (Å²) >= 11 is 0. The Morgan fingerprint density at radius 3 is 3.00 bits per heavy atom. The van der Waals surface area contributed by atoms with Crippen molar-refractivity contribution in [3.63, 3.8) is 0 Å². The molecule has 1 atom stereocenters. The van der Waals surface area contributed by atoms with E-state index in [-0.39, 0.29) is 18.0 Å². The van der Waals surface area contributed by atoms with E-state index in [1.807, 2.05) is 11.0 Å². The molecule has 0 radical (unpaired) electrons. The van der Waals surface area contributed by atoms with Crippen molar-refractivity contribution in [2.45, 2.75) is 19.3 Å². The number of carbonyl (C=O) groups is 1. The summed E-state index contributed by atoms with van der Waals surface area (Å²) < 4.78 is 0. The average Bonchev–Trinajstić information content (AvgIpc) is 2.38. The molecule has 2 rings (SSSR count). The molecule has 1 N–H and O–H groups in total.